The fraction of sp³-hybridized carbons (Fsp3) is 0.231. The van der Waals surface area contributed by atoms with Gasteiger partial charge in [-0.25, -0.2) is 0 Å². The zero-order valence-corrected chi connectivity index (χ0v) is 19.2. The Kier molecular flexibility index (Phi) is 7.15. The summed E-state index contributed by atoms with van der Waals surface area (Å²) in [6, 6.07) is 21.5. The van der Waals surface area contributed by atoms with Crippen molar-refractivity contribution in [2.75, 3.05) is 18.1 Å². The van der Waals surface area contributed by atoms with E-state index >= 15 is 0 Å². The van der Waals surface area contributed by atoms with Crippen molar-refractivity contribution in [2.24, 2.45) is 4.99 Å². The third-order valence-electron chi connectivity index (χ3n) is 5.12. The van der Waals surface area contributed by atoms with Crippen LogP contribution in [0.3, 0.4) is 0 Å². The van der Waals surface area contributed by atoms with Gasteiger partial charge in [0.25, 0.3) is 5.91 Å². The van der Waals surface area contributed by atoms with Gasteiger partial charge >= 0.3 is 0 Å². The molecule has 0 bridgehead atoms. The molecule has 0 aromatic heterocycles. The van der Waals surface area contributed by atoms with Crippen LogP contribution in [-0.2, 0) is 4.79 Å². The van der Waals surface area contributed by atoms with E-state index in [0.717, 1.165) is 22.9 Å². The Hall–Kier alpha value is -3.51. The molecule has 1 heterocycles. The molecule has 0 unspecified atom stereocenters. The summed E-state index contributed by atoms with van der Waals surface area (Å²) in [5.74, 6) is 1.97. The van der Waals surface area contributed by atoms with Gasteiger partial charge in [-0.15, -0.1) is 0 Å². The van der Waals surface area contributed by atoms with Crippen LogP contribution < -0.4 is 19.1 Å². The predicted octanol–water partition coefficient (Wildman–Crippen LogP) is 5.70. The van der Waals surface area contributed by atoms with Gasteiger partial charge in [-0.3, -0.25) is 14.7 Å². The second-order valence-electron chi connectivity index (χ2n) is 7.32. The van der Waals surface area contributed by atoms with E-state index in [9.17, 15) is 4.79 Å². The van der Waals surface area contributed by atoms with Gasteiger partial charge in [0.05, 0.1) is 18.9 Å². The molecule has 1 saturated heterocycles. The first-order chi connectivity index (χ1) is 16.1. The molecule has 3 aromatic rings. The highest BCUT2D eigenvalue weighted by molar-refractivity contribution is 6.30. The van der Waals surface area contributed by atoms with Crippen LogP contribution in [-0.4, -0.2) is 37.5 Å². The molecule has 1 fully saturated rings. The first-order valence-corrected chi connectivity index (χ1v) is 11.2. The highest BCUT2D eigenvalue weighted by Gasteiger charge is 2.49. The van der Waals surface area contributed by atoms with Crippen LogP contribution in [0.1, 0.15) is 13.8 Å². The topological polar surface area (TPSA) is 60.4 Å². The van der Waals surface area contributed by atoms with Crippen molar-refractivity contribution >= 4 is 35.1 Å². The first kappa shape index (κ1) is 22.7. The molecule has 0 aliphatic carbocycles. The molecule has 0 radical (unpaired) electrons. The Bertz CT molecular complexity index is 1100. The number of halogens is 1. The molecule has 1 aliphatic rings. The summed E-state index contributed by atoms with van der Waals surface area (Å²) in [7, 11) is 0. The number of carbonyl (C=O) groups is 1. The van der Waals surface area contributed by atoms with Gasteiger partial charge in [-0.05, 0) is 86.6 Å². The number of aliphatic imine (C=N–C) groups is 1. The van der Waals surface area contributed by atoms with Gasteiger partial charge < -0.3 is 14.2 Å². The average Bonchev–Trinajstić information content (AvgIpc) is 2.83. The Labute approximate surface area is 198 Å². The summed E-state index contributed by atoms with van der Waals surface area (Å²) in [6.07, 6.45) is 1.05. The third kappa shape index (κ3) is 5.29. The van der Waals surface area contributed by atoms with E-state index < -0.39 is 6.10 Å². The molecule has 4 rings (SSSR count). The summed E-state index contributed by atoms with van der Waals surface area (Å²) in [4.78, 5) is 19.3. The highest BCUT2D eigenvalue weighted by Crippen LogP contribution is 2.32. The van der Waals surface area contributed by atoms with E-state index in [0.29, 0.717) is 24.0 Å². The maximum Gasteiger partial charge on any atom is 0.271 e. The number of anilines is 1. The summed E-state index contributed by atoms with van der Waals surface area (Å²) < 4.78 is 17.0. The SMILES string of the molecule is CCOc1ccc(N=C[C@@H]2[C@@H](Oc3ccc(Cl)cc3)C(=O)N2c2ccc(OCC)cc2)cc1. The lowest BCUT2D eigenvalue weighted by atomic mass is 9.97. The molecule has 0 N–H and O–H groups in total. The molecule has 3 aromatic carbocycles. The van der Waals surface area contributed by atoms with Crippen molar-refractivity contribution < 1.29 is 19.0 Å². The van der Waals surface area contributed by atoms with Gasteiger partial charge in [0.2, 0.25) is 6.10 Å². The molecular formula is C26H25ClN2O4. The summed E-state index contributed by atoms with van der Waals surface area (Å²) in [5.41, 5.74) is 1.51. The molecule has 0 saturated carbocycles. The summed E-state index contributed by atoms with van der Waals surface area (Å²) in [5, 5.41) is 0.604. The molecule has 1 amide bonds. The lowest BCUT2D eigenvalue weighted by Gasteiger charge is -2.44. The van der Waals surface area contributed by atoms with Crippen molar-refractivity contribution in [1.82, 2.24) is 0 Å². The zero-order valence-electron chi connectivity index (χ0n) is 18.5. The highest BCUT2D eigenvalue weighted by atomic mass is 35.5. The summed E-state index contributed by atoms with van der Waals surface area (Å²) in [6.45, 7) is 5.05. The molecule has 170 valence electrons. The van der Waals surface area contributed by atoms with E-state index in [-0.39, 0.29) is 11.9 Å². The van der Waals surface area contributed by atoms with Crippen LogP contribution in [0.25, 0.3) is 0 Å². The fourth-order valence-corrected chi connectivity index (χ4v) is 3.66. The monoisotopic (exact) mass is 464 g/mol. The van der Waals surface area contributed by atoms with E-state index in [1.54, 1.807) is 35.4 Å². The average molecular weight is 465 g/mol. The van der Waals surface area contributed by atoms with E-state index in [1.807, 2.05) is 62.4 Å². The van der Waals surface area contributed by atoms with Crippen LogP contribution in [0.15, 0.2) is 77.8 Å². The normalized spacial score (nSPS) is 17.7. The van der Waals surface area contributed by atoms with Gasteiger partial charge in [0.15, 0.2) is 0 Å². The standard InChI is InChI=1S/C26H25ClN2O4/c1-3-31-21-13-7-19(8-14-21)28-17-24-25(33-23-11-5-18(27)6-12-23)26(30)29(24)20-9-15-22(16-10-20)32-4-2/h5-17,24-25H,3-4H2,1-2H3/t24-,25-/m1/s1. The van der Waals surface area contributed by atoms with Gasteiger partial charge in [0, 0.05) is 16.9 Å². The maximum absolute atomic E-state index is 13.0. The van der Waals surface area contributed by atoms with Crippen molar-refractivity contribution in [1.29, 1.82) is 0 Å². The molecule has 33 heavy (non-hydrogen) atoms. The van der Waals surface area contributed by atoms with Crippen LogP contribution in [0.4, 0.5) is 11.4 Å². The third-order valence-corrected chi connectivity index (χ3v) is 5.37. The zero-order chi connectivity index (χ0) is 23.2. The van der Waals surface area contributed by atoms with Crippen molar-refractivity contribution in [2.45, 2.75) is 26.0 Å². The van der Waals surface area contributed by atoms with E-state index in [4.69, 9.17) is 25.8 Å². The summed E-state index contributed by atoms with van der Waals surface area (Å²) >= 11 is 5.97. The second-order valence-corrected chi connectivity index (χ2v) is 7.76. The van der Waals surface area contributed by atoms with Crippen LogP contribution in [0, 0.1) is 0 Å². The Morgan fingerprint density at radius 2 is 1.39 bits per heavy atom. The minimum Gasteiger partial charge on any atom is -0.494 e. The van der Waals surface area contributed by atoms with Gasteiger partial charge in [0.1, 0.15) is 23.3 Å². The van der Waals surface area contributed by atoms with Gasteiger partial charge in [-0.1, -0.05) is 11.6 Å². The number of amides is 1. The number of rotatable bonds is 9. The lowest BCUT2D eigenvalue weighted by molar-refractivity contribution is -0.132. The Balaban J connectivity index is 1.57. The van der Waals surface area contributed by atoms with Crippen LogP contribution >= 0.6 is 11.6 Å². The lowest BCUT2D eigenvalue weighted by Crippen LogP contribution is -2.68. The molecule has 2 atom stereocenters. The number of carbonyl (C=O) groups excluding carboxylic acids is 1. The van der Waals surface area contributed by atoms with E-state index in [1.165, 1.54) is 0 Å². The Morgan fingerprint density at radius 3 is 1.97 bits per heavy atom. The quantitative estimate of drug-likeness (QED) is 0.301. The molecule has 1 aliphatic heterocycles. The van der Waals surface area contributed by atoms with Crippen molar-refractivity contribution in [3.63, 3.8) is 0 Å². The van der Waals surface area contributed by atoms with Crippen LogP contribution in [0.2, 0.25) is 5.02 Å². The predicted molar refractivity (Wildman–Crippen MR) is 131 cm³/mol. The molecule has 0 spiro atoms. The van der Waals surface area contributed by atoms with Crippen molar-refractivity contribution in [3.05, 3.63) is 77.8 Å². The number of hydrogen-bond acceptors (Lipinski definition) is 5. The minimum absolute atomic E-state index is 0.141. The second kappa shape index (κ2) is 10.4. The molecular weight excluding hydrogens is 440 g/mol. The largest absolute Gasteiger partial charge is 0.494 e. The number of β-lactam (4-membered cyclic amide) rings is 1. The van der Waals surface area contributed by atoms with Gasteiger partial charge in [-0.2, -0.15) is 0 Å². The molecule has 7 heteroatoms. The smallest absolute Gasteiger partial charge is 0.271 e. The fourth-order valence-electron chi connectivity index (χ4n) is 3.53. The van der Waals surface area contributed by atoms with Crippen molar-refractivity contribution in [3.8, 4) is 17.2 Å². The Morgan fingerprint density at radius 1 is 0.848 bits per heavy atom. The van der Waals surface area contributed by atoms with E-state index in [2.05, 4.69) is 4.99 Å². The number of hydrogen-bond donors (Lipinski definition) is 0. The number of benzene rings is 3. The number of ether oxygens (including phenoxy) is 3. The van der Waals surface area contributed by atoms with Crippen LogP contribution in [0.5, 0.6) is 17.2 Å². The maximum atomic E-state index is 13.0. The first-order valence-electron chi connectivity index (χ1n) is 10.8. The minimum atomic E-state index is -0.691. The molecule has 6 nitrogen and oxygen atoms in total. The number of nitrogens with zero attached hydrogens (tertiary/aromatic N) is 2.